The fraction of sp³-hybridized carbons (Fsp3) is 0.333. The third-order valence-electron chi connectivity index (χ3n) is 7.04. The molecule has 3 aromatic carbocycles. The van der Waals surface area contributed by atoms with E-state index < -0.39 is 0 Å². The average Bonchev–Trinajstić information content (AvgIpc) is 3.36. The first-order valence-electron chi connectivity index (χ1n) is 13.2. The van der Waals surface area contributed by atoms with Crippen LogP contribution in [0.3, 0.4) is 0 Å². The van der Waals surface area contributed by atoms with E-state index >= 15 is 0 Å². The fourth-order valence-electron chi connectivity index (χ4n) is 5.02. The standard InChI is InChI=1S/C30H35AsN4OS/c36-30(34-29-33-27-13-7-8-14-28(27)37-29)35(22-18-31-25-15-19-32-20-16-25)21-17-26(23-9-3-1-4-10-23)24-11-5-2-6-12-24/h1-14,25-26,31-32H,15-22H2,(H,33,34,36). The van der Waals surface area contributed by atoms with Gasteiger partial charge in [0.25, 0.3) is 0 Å². The number of nitrogens with zero attached hydrogens (tertiary/aromatic N) is 2. The van der Waals surface area contributed by atoms with Crippen molar-refractivity contribution in [1.29, 1.82) is 0 Å². The van der Waals surface area contributed by atoms with Crippen molar-refractivity contribution in [1.82, 2.24) is 15.2 Å². The molecule has 192 valence electrons. The number of para-hydroxylation sites is 1. The van der Waals surface area contributed by atoms with Gasteiger partial charge in [-0.15, -0.1) is 0 Å². The number of amides is 2. The number of hydrogen-bond donors (Lipinski definition) is 2. The molecule has 2 heterocycles. The Morgan fingerprint density at radius 3 is 2.27 bits per heavy atom. The number of hydrogen-bond acceptors (Lipinski definition) is 4. The number of nitrogens with one attached hydrogen (secondary N) is 2. The van der Waals surface area contributed by atoms with E-state index in [2.05, 4.69) is 82.3 Å². The summed E-state index contributed by atoms with van der Waals surface area (Å²) in [5.74, 6) is 0.251. The molecule has 37 heavy (non-hydrogen) atoms. The van der Waals surface area contributed by atoms with Gasteiger partial charge in [0.2, 0.25) is 0 Å². The second-order valence-corrected chi connectivity index (χ2v) is 14.2. The molecule has 2 N–H and O–H groups in total. The molecule has 2 amide bonds. The number of thiazole rings is 1. The summed E-state index contributed by atoms with van der Waals surface area (Å²) in [4.78, 5) is 20.2. The summed E-state index contributed by atoms with van der Waals surface area (Å²) in [6.07, 6.45) is 3.47. The van der Waals surface area contributed by atoms with Gasteiger partial charge in [-0.2, -0.15) is 0 Å². The number of urea groups is 1. The average molecular weight is 575 g/mol. The fourth-order valence-corrected chi connectivity index (χ4v) is 9.03. The monoisotopic (exact) mass is 574 g/mol. The van der Waals surface area contributed by atoms with Gasteiger partial charge in [-0.1, -0.05) is 0 Å². The number of fused-ring (bicyclic) bond motifs is 1. The Bertz CT molecular complexity index is 1190. The van der Waals surface area contributed by atoms with Crippen LogP contribution in [0.25, 0.3) is 10.2 Å². The van der Waals surface area contributed by atoms with Gasteiger partial charge >= 0.3 is 231 Å². The Morgan fingerprint density at radius 1 is 0.946 bits per heavy atom. The minimum absolute atomic E-state index is 0.0316. The van der Waals surface area contributed by atoms with Crippen LogP contribution in [-0.4, -0.2) is 57.8 Å². The van der Waals surface area contributed by atoms with Crippen LogP contribution in [0.4, 0.5) is 9.93 Å². The van der Waals surface area contributed by atoms with E-state index in [1.807, 2.05) is 23.1 Å². The first-order valence-corrected chi connectivity index (χ1v) is 16.7. The Hall–Kier alpha value is -2.66. The van der Waals surface area contributed by atoms with E-state index in [1.54, 1.807) is 0 Å². The van der Waals surface area contributed by atoms with Crippen LogP contribution in [0.5, 0.6) is 0 Å². The van der Waals surface area contributed by atoms with Crippen molar-refractivity contribution in [3.05, 3.63) is 96.1 Å². The van der Waals surface area contributed by atoms with Crippen LogP contribution in [0, 0.1) is 0 Å². The topological polar surface area (TPSA) is 57.3 Å². The summed E-state index contributed by atoms with van der Waals surface area (Å²) in [5.41, 5.74) is 3.52. The summed E-state index contributed by atoms with van der Waals surface area (Å²) in [7, 11) is 0. The van der Waals surface area contributed by atoms with Crippen molar-refractivity contribution in [2.45, 2.75) is 35.1 Å². The van der Waals surface area contributed by atoms with Gasteiger partial charge in [-0.25, -0.2) is 0 Å². The van der Waals surface area contributed by atoms with E-state index in [9.17, 15) is 4.79 Å². The molecule has 1 fully saturated rings. The molecule has 0 spiro atoms. The van der Waals surface area contributed by atoms with Gasteiger partial charge in [0.1, 0.15) is 0 Å². The Balaban J connectivity index is 1.29. The molecule has 0 bridgehead atoms. The molecular weight excluding hydrogens is 539 g/mol. The van der Waals surface area contributed by atoms with Crippen molar-refractivity contribution in [3.8, 4) is 0 Å². The van der Waals surface area contributed by atoms with Crippen LogP contribution in [0.2, 0.25) is 9.91 Å². The molecule has 7 heteroatoms. The molecule has 5 nitrogen and oxygen atoms in total. The Morgan fingerprint density at radius 2 is 1.59 bits per heavy atom. The molecular formula is C30H35AsN4OS. The number of benzene rings is 3. The molecule has 0 aliphatic carbocycles. The molecule has 1 aliphatic heterocycles. The van der Waals surface area contributed by atoms with Gasteiger partial charge in [-0.3, -0.25) is 0 Å². The van der Waals surface area contributed by atoms with E-state index in [0.717, 1.165) is 46.2 Å². The molecule has 1 atom stereocenters. The van der Waals surface area contributed by atoms with Crippen molar-refractivity contribution in [3.63, 3.8) is 0 Å². The molecule has 5 rings (SSSR count). The molecule has 1 aromatic heterocycles. The molecule has 1 unspecified atom stereocenters. The van der Waals surface area contributed by atoms with Crippen LogP contribution in [-0.2, 0) is 0 Å². The molecule has 1 saturated heterocycles. The first-order chi connectivity index (χ1) is 18.3. The van der Waals surface area contributed by atoms with Crippen molar-refractivity contribution in [2.24, 2.45) is 0 Å². The minimum atomic E-state index is -0.0733. The Kier molecular flexibility index (Phi) is 9.28. The van der Waals surface area contributed by atoms with Gasteiger partial charge in [0, 0.05) is 0 Å². The third-order valence-corrected chi connectivity index (χ3v) is 11.5. The molecule has 1 aliphatic rings. The van der Waals surface area contributed by atoms with Crippen LogP contribution in [0.15, 0.2) is 84.9 Å². The zero-order valence-electron chi connectivity index (χ0n) is 21.1. The van der Waals surface area contributed by atoms with Crippen molar-refractivity contribution in [2.75, 3.05) is 31.5 Å². The summed E-state index contributed by atoms with van der Waals surface area (Å²) in [5, 5.41) is 8.42. The van der Waals surface area contributed by atoms with Gasteiger partial charge in [0.15, 0.2) is 0 Å². The summed E-state index contributed by atoms with van der Waals surface area (Å²) in [6, 6.07) is 29.4. The normalized spacial score (nSPS) is 14.5. The van der Waals surface area contributed by atoms with Gasteiger partial charge < -0.3 is 0 Å². The van der Waals surface area contributed by atoms with E-state index in [1.165, 1.54) is 35.3 Å². The zero-order chi connectivity index (χ0) is 25.3. The summed E-state index contributed by atoms with van der Waals surface area (Å²) < 4.78 is 1.98. The maximum absolute atomic E-state index is 13.5. The number of carbonyl (C=O) groups excluding carboxylic acids is 1. The molecule has 0 saturated carbocycles. The first kappa shape index (κ1) is 26.0. The maximum atomic E-state index is 13.5. The zero-order valence-corrected chi connectivity index (χ0v) is 24.0. The number of aromatic nitrogens is 1. The van der Waals surface area contributed by atoms with E-state index in [4.69, 9.17) is 0 Å². The number of anilines is 1. The van der Waals surface area contributed by atoms with Crippen LogP contribution < -0.4 is 10.6 Å². The molecule has 0 radical (unpaired) electrons. The molecule has 4 aromatic rings. The van der Waals surface area contributed by atoms with Crippen LogP contribution >= 0.6 is 11.3 Å². The number of rotatable bonds is 10. The predicted octanol–water partition coefficient (Wildman–Crippen LogP) is 6.38. The predicted molar refractivity (Wildman–Crippen MR) is 157 cm³/mol. The van der Waals surface area contributed by atoms with Crippen LogP contribution in [0.1, 0.15) is 36.3 Å². The van der Waals surface area contributed by atoms with E-state index in [-0.39, 0.29) is 27.7 Å². The summed E-state index contributed by atoms with van der Waals surface area (Å²) in [6.45, 7) is 3.82. The quantitative estimate of drug-likeness (QED) is 0.216. The van der Waals surface area contributed by atoms with Gasteiger partial charge in [0.05, 0.1) is 0 Å². The number of carbonyl (C=O) groups is 1. The van der Waals surface area contributed by atoms with Crippen molar-refractivity contribution >= 4 is 48.5 Å². The summed E-state index contributed by atoms with van der Waals surface area (Å²) >= 11 is 1.47. The number of piperidine rings is 1. The second kappa shape index (κ2) is 13.2. The van der Waals surface area contributed by atoms with Crippen molar-refractivity contribution < 1.29 is 4.79 Å². The SMILES string of the molecule is O=C(Nc1nc2ccccc2s1)N(CC[AsH]C1CCNCC1)CCC(c1ccccc1)c1ccccc1. The second-order valence-electron chi connectivity index (χ2n) is 9.54. The Labute approximate surface area is 230 Å². The van der Waals surface area contributed by atoms with E-state index in [0.29, 0.717) is 11.7 Å². The third kappa shape index (κ3) is 7.22. The van der Waals surface area contributed by atoms with Gasteiger partial charge in [-0.05, 0) is 0 Å².